The predicted molar refractivity (Wildman–Crippen MR) is 135 cm³/mol. The number of nitrogens with one attached hydrogen (secondary N) is 1. The molecule has 1 heterocycles. The van der Waals surface area contributed by atoms with Crippen LogP contribution in [0.25, 0.3) is 0 Å². The third kappa shape index (κ3) is 6.50. The van der Waals surface area contributed by atoms with Crippen molar-refractivity contribution in [2.45, 2.75) is 32.9 Å². The highest BCUT2D eigenvalue weighted by atomic mass is 35.5. The summed E-state index contributed by atoms with van der Waals surface area (Å²) < 4.78 is 36.9. The second-order valence-corrected chi connectivity index (χ2v) is 10.7. The lowest BCUT2D eigenvalue weighted by atomic mass is 10.1. The van der Waals surface area contributed by atoms with Crippen molar-refractivity contribution in [3.8, 4) is 11.5 Å². The predicted octanol–water partition coefficient (Wildman–Crippen LogP) is 3.43. The maximum Gasteiger partial charge on any atom is 0.244 e. The maximum absolute atomic E-state index is 13.6. The Kier molecular flexibility index (Phi) is 8.74. The van der Waals surface area contributed by atoms with Crippen LogP contribution < -0.4 is 19.1 Å². The molecular weight excluding hydrogens is 517 g/mol. The molecule has 1 unspecified atom stereocenters. The summed E-state index contributed by atoms with van der Waals surface area (Å²) in [5.41, 5.74) is 0.678. The van der Waals surface area contributed by atoms with Crippen molar-refractivity contribution < 1.29 is 27.5 Å². The van der Waals surface area contributed by atoms with E-state index in [1.165, 1.54) is 17.0 Å². The van der Waals surface area contributed by atoms with E-state index < -0.39 is 28.5 Å². The molecule has 0 aromatic heterocycles. The minimum Gasteiger partial charge on any atom is -0.454 e. The second kappa shape index (κ2) is 11.4. The van der Waals surface area contributed by atoms with Gasteiger partial charge in [-0.3, -0.25) is 13.9 Å². The highest BCUT2D eigenvalue weighted by Crippen LogP contribution is 2.36. The summed E-state index contributed by atoms with van der Waals surface area (Å²) in [7, 11) is -3.88. The molecule has 12 heteroatoms. The minimum absolute atomic E-state index is 0.0212. The fourth-order valence-corrected chi connectivity index (χ4v) is 4.84. The van der Waals surface area contributed by atoms with Gasteiger partial charge in [0.05, 0.1) is 11.9 Å². The summed E-state index contributed by atoms with van der Waals surface area (Å²) in [6.07, 6.45) is 1.71. The van der Waals surface area contributed by atoms with E-state index in [9.17, 15) is 18.0 Å². The summed E-state index contributed by atoms with van der Waals surface area (Å²) in [6.45, 7) is 3.30. The largest absolute Gasteiger partial charge is 0.454 e. The Bertz CT molecular complexity index is 1190. The first-order valence-electron chi connectivity index (χ1n) is 10.9. The van der Waals surface area contributed by atoms with Gasteiger partial charge < -0.3 is 19.7 Å². The third-order valence-corrected chi connectivity index (χ3v) is 7.28. The van der Waals surface area contributed by atoms with Crippen LogP contribution in [0.5, 0.6) is 11.5 Å². The third-order valence-electron chi connectivity index (χ3n) is 5.43. The molecule has 2 aromatic carbocycles. The number of carbonyl (C=O) groups excluding carboxylic acids is 2. The molecule has 2 amide bonds. The molecule has 2 aromatic rings. The molecule has 0 spiro atoms. The first-order valence-corrected chi connectivity index (χ1v) is 13.5. The molecule has 35 heavy (non-hydrogen) atoms. The van der Waals surface area contributed by atoms with Gasteiger partial charge in [-0.05, 0) is 37.6 Å². The number of nitrogens with zero attached hydrogens (tertiary/aromatic N) is 2. The van der Waals surface area contributed by atoms with Crippen LogP contribution in [-0.4, -0.2) is 57.3 Å². The number of ether oxygens (including phenoxy) is 2. The molecule has 9 nitrogen and oxygen atoms in total. The Morgan fingerprint density at radius 1 is 1.11 bits per heavy atom. The Morgan fingerprint density at radius 3 is 2.40 bits per heavy atom. The van der Waals surface area contributed by atoms with Gasteiger partial charge in [-0.1, -0.05) is 36.2 Å². The van der Waals surface area contributed by atoms with Crippen LogP contribution in [0, 0.1) is 0 Å². The first-order chi connectivity index (χ1) is 16.5. The highest BCUT2D eigenvalue weighted by molar-refractivity contribution is 7.92. The molecule has 0 fully saturated rings. The number of sulfonamides is 1. The van der Waals surface area contributed by atoms with Crippen molar-refractivity contribution in [1.29, 1.82) is 0 Å². The number of carbonyl (C=O) groups is 2. The standard InChI is InChI=1S/C23H27Cl2N3O6S/c1-4-10-26-23(30)15(2)27(12-17-18(24)6-5-7-19(17)25)22(29)13-28(35(3,31)32)16-8-9-20-21(11-16)34-14-33-20/h5-9,11,15H,4,10,12-14H2,1-3H3,(H,26,30). The molecular formula is C23H27Cl2N3O6S. The summed E-state index contributed by atoms with van der Waals surface area (Å²) in [5.74, 6) is -0.138. The number of amides is 2. The van der Waals surface area contributed by atoms with E-state index in [0.717, 1.165) is 10.6 Å². The zero-order valence-corrected chi connectivity index (χ0v) is 21.9. The summed E-state index contributed by atoms with van der Waals surface area (Å²) in [6, 6.07) is 8.59. The van der Waals surface area contributed by atoms with Crippen LogP contribution in [0.1, 0.15) is 25.8 Å². The molecule has 1 aliphatic heterocycles. The molecule has 0 radical (unpaired) electrons. The lowest BCUT2D eigenvalue weighted by Gasteiger charge is -2.32. The topological polar surface area (TPSA) is 105 Å². The number of halogens is 2. The minimum atomic E-state index is -3.88. The van der Waals surface area contributed by atoms with E-state index in [2.05, 4.69) is 5.32 Å². The van der Waals surface area contributed by atoms with Gasteiger partial charge in [0.2, 0.25) is 28.6 Å². The quantitative estimate of drug-likeness (QED) is 0.492. The van der Waals surface area contributed by atoms with Gasteiger partial charge >= 0.3 is 0 Å². The van der Waals surface area contributed by atoms with E-state index >= 15 is 0 Å². The van der Waals surface area contributed by atoms with Crippen LogP contribution in [-0.2, 0) is 26.2 Å². The van der Waals surface area contributed by atoms with E-state index in [-0.39, 0.29) is 24.9 Å². The van der Waals surface area contributed by atoms with Crippen LogP contribution in [0.3, 0.4) is 0 Å². The second-order valence-electron chi connectivity index (χ2n) is 8.00. The van der Waals surface area contributed by atoms with E-state index in [4.69, 9.17) is 32.7 Å². The Labute approximate surface area is 214 Å². The molecule has 0 aliphatic carbocycles. The van der Waals surface area contributed by atoms with Crippen molar-refractivity contribution in [3.63, 3.8) is 0 Å². The number of rotatable bonds is 10. The molecule has 0 saturated carbocycles. The van der Waals surface area contributed by atoms with Gasteiger partial charge in [0, 0.05) is 34.8 Å². The fraction of sp³-hybridized carbons (Fsp3) is 0.391. The normalized spacial score (nSPS) is 13.3. The van der Waals surface area contributed by atoms with Crippen LogP contribution in [0.2, 0.25) is 10.0 Å². The van der Waals surface area contributed by atoms with E-state index in [0.29, 0.717) is 40.1 Å². The highest BCUT2D eigenvalue weighted by Gasteiger charge is 2.31. The number of fused-ring (bicyclic) bond motifs is 1. The summed E-state index contributed by atoms with van der Waals surface area (Å²) in [5, 5.41) is 3.42. The lowest BCUT2D eigenvalue weighted by molar-refractivity contribution is -0.139. The van der Waals surface area contributed by atoms with Crippen LogP contribution in [0.4, 0.5) is 5.69 Å². The monoisotopic (exact) mass is 543 g/mol. The Balaban J connectivity index is 1.94. The van der Waals surface area contributed by atoms with E-state index in [1.807, 2.05) is 6.92 Å². The number of hydrogen-bond acceptors (Lipinski definition) is 6. The SMILES string of the molecule is CCCNC(=O)C(C)N(Cc1c(Cl)cccc1Cl)C(=O)CN(c1ccc2c(c1)OCO2)S(C)(=O)=O. The molecule has 3 rings (SSSR count). The maximum atomic E-state index is 13.6. The van der Waals surface area contributed by atoms with Gasteiger partial charge in [-0.2, -0.15) is 0 Å². The van der Waals surface area contributed by atoms with Crippen molar-refractivity contribution >= 4 is 50.7 Å². The smallest absolute Gasteiger partial charge is 0.244 e. The number of anilines is 1. The number of benzene rings is 2. The van der Waals surface area contributed by atoms with Gasteiger partial charge in [-0.15, -0.1) is 0 Å². The van der Waals surface area contributed by atoms with Crippen molar-refractivity contribution in [3.05, 3.63) is 52.0 Å². The molecule has 1 N–H and O–H groups in total. The van der Waals surface area contributed by atoms with Gasteiger partial charge in [-0.25, -0.2) is 8.42 Å². The lowest BCUT2D eigenvalue weighted by Crippen LogP contribution is -2.51. The molecule has 1 aliphatic rings. The molecule has 0 saturated heterocycles. The van der Waals surface area contributed by atoms with E-state index in [1.54, 1.807) is 31.2 Å². The van der Waals surface area contributed by atoms with Crippen LogP contribution in [0.15, 0.2) is 36.4 Å². The van der Waals surface area contributed by atoms with Crippen molar-refractivity contribution in [2.24, 2.45) is 0 Å². The Hall–Kier alpha value is -2.69. The van der Waals surface area contributed by atoms with Crippen LogP contribution >= 0.6 is 23.2 Å². The summed E-state index contributed by atoms with van der Waals surface area (Å²) >= 11 is 12.6. The van der Waals surface area contributed by atoms with Gasteiger partial charge in [0.25, 0.3) is 0 Å². The zero-order valence-electron chi connectivity index (χ0n) is 19.6. The summed E-state index contributed by atoms with van der Waals surface area (Å²) in [4.78, 5) is 27.6. The fourth-order valence-electron chi connectivity index (χ4n) is 3.49. The first kappa shape index (κ1) is 26.9. The number of hydrogen-bond donors (Lipinski definition) is 1. The van der Waals surface area contributed by atoms with Gasteiger partial charge in [0.15, 0.2) is 11.5 Å². The van der Waals surface area contributed by atoms with Crippen molar-refractivity contribution in [1.82, 2.24) is 10.2 Å². The average molecular weight is 544 g/mol. The zero-order chi connectivity index (χ0) is 25.8. The molecule has 0 bridgehead atoms. The van der Waals surface area contributed by atoms with Gasteiger partial charge in [0.1, 0.15) is 12.6 Å². The molecule has 190 valence electrons. The Morgan fingerprint density at radius 2 is 1.77 bits per heavy atom. The molecule has 1 atom stereocenters. The average Bonchev–Trinajstić information content (AvgIpc) is 3.27. The van der Waals surface area contributed by atoms with Crippen molar-refractivity contribution in [2.75, 3.05) is 30.4 Å².